The van der Waals surface area contributed by atoms with Gasteiger partial charge in [0, 0.05) is 5.92 Å². The molecule has 6 atom stereocenters. The van der Waals surface area contributed by atoms with Crippen LogP contribution in [0.25, 0.3) is 0 Å². The van der Waals surface area contributed by atoms with Crippen LogP contribution >= 0.6 is 0 Å². The molecule has 3 aliphatic rings. The van der Waals surface area contributed by atoms with E-state index in [-0.39, 0.29) is 5.92 Å². The lowest BCUT2D eigenvalue weighted by atomic mass is 9.56. The number of aliphatic hydroxyl groups is 1. The molecule has 0 spiro atoms. The van der Waals surface area contributed by atoms with E-state index in [4.69, 9.17) is 11.2 Å². The van der Waals surface area contributed by atoms with Crippen LogP contribution in [0.5, 0.6) is 5.75 Å². The zero-order valence-electron chi connectivity index (χ0n) is 14.1. The van der Waals surface area contributed by atoms with Crippen LogP contribution in [0.4, 0.5) is 0 Å². The topological polar surface area (TPSA) is 29.5 Å². The summed E-state index contributed by atoms with van der Waals surface area (Å²) < 4.78 is 5.39. The number of aryl methyl sites for hydroxylation is 1. The van der Waals surface area contributed by atoms with E-state index in [1.54, 1.807) is 7.11 Å². The van der Waals surface area contributed by atoms with Crippen molar-refractivity contribution in [2.24, 2.45) is 23.7 Å². The highest BCUT2D eigenvalue weighted by atomic mass is 16.5. The van der Waals surface area contributed by atoms with Gasteiger partial charge in [0.25, 0.3) is 0 Å². The second-order valence-electron chi connectivity index (χ2n) is 7.88. The predicted octanol–water partition coefficient (Wildman–Crippen LogP) is 3.77. The molecule has 0 radical (unpaired) electrons. The summed E-state index contributed by atoms with van der Waals surface area (Å²) in [7, 11) is 1.74. The van der Waals surface area contributed by atoms with Crippen molar-refractivity contribution < 1.29 is 9.84 Å². The summed E-state index contributed by atoms with van der Waals surface area (Å²) in [5.74, 6) is 6.36. The monoisotopic (exact) mass is 310 g/mol. The van der Waals surface area contributed by atoms with Crippen LogP contribution in [0.1, 0.15) is 49.7 Å². The molecular weight excluding hydrogens is 284 g/mol. The summed E-state index contributed by atoms with van der Waals surface area (Å²) in [6, 6.07) is 6.60. The zero-order chi connectivity index (χ0) is 16.2. The summed E-state index contributed by atoms with van der Waals surface area (Å²) in [4.78, 5) is 0. The van der Waals surface area contributed by atoms with Crippen molar-refractivity contribution in [1.29, 1.82) is 0 Å². The van der Waals surface area contributed by atoms with Gasteiger partial charge in [-0.3, -0.25) is 0 Å². The molecule has 0 heterocycles. The van der Waals surface area contributed by atoms with Crippen molar-refractivity contribution in [3.63, 3.8) is 0 Å². The Morgan fingerprint density at radius 1 is 1.30 bits per heavy atom. The number of benzene rings is 1. The van der Waals surface area contributed by atoms with Crippen LogP contribution in [0.15, 0.2) is 18.2 Å². The van der Waals surface area contributed by atoms with Crippen molar-refractivity contribution in [3.05, 3.63) is 29.3 Å². The molecule has 2 heteroatoms. The molecule has 0 bridgehead atoms. The number of fused-ring (bicyclic) bond motifs is 5. The lowest BCUT2D eigenvalue weighted by Crippen LogP contribution is -2.46. The molecule has 2 nitrogen and oxygen atoms in total. The molecule has 2 saturated carbocycles. The quantitative estimate of drug-likeness (QED) is 0.800. The average Bonchev–Trinajstić information content (AvgIpc) is 2.93. The SMILES string of the molecule is C#C[C@]1(O)CC[C@H]2[C@@H]3CCc4cc(OC)ccc4[C@H]3C[C@@H](C)[C@@H]21. The summed E-state index contributed by atoms with van der Waals surface area (Å²) in [6.45, 7) is 2.29. The van der Waals surface area contributed by atoms with Crippen molar-refractivity contribution in [1.82, 2.24) is 0 Å². The van der Waals surface area contributed by atoms with Gasteiger partial charge in [0.15, 0.2) is 0 Å². The summed E-state index contributed by atoms with van der Waals surface area (Å²) in [5, 5.41) is 10.9. The van der Waals surface area contributed by atoms with E-state index in [0.29, 0.717) is 23.7 Å². The molecule has 1 aromatic rings. The number of hydrogen-bond acceptors (Lipinski definition) is 2. The molecule has 0 saturated heterocycles. The molecule has 3 aliphatic carbocycles. The van der Waals surface area contributed by atoms with E-state index in [2.05, 4.69) is 31.0 Å². The predicted molar refractivity (Wildman–Crippen MR) is 91.3 cm³/mol. The normalized spacial score (nSPS) is 41.4. The van der Waals surface area contributed by atoms with Crippen molar-refractivity contribution in [2.45, 2.75) is 50.5 Å². The van der Waals surface area contributed by atoms with Gasteiger partial charge >= 0.3 is 0 Å². The summed E-state index contributed by atoms with van der Waals surface area (Å²) in [5.41, 5.74) is 2.11. The maximum Gasteiger partial charge on any atom is 0.128 e. The second kappa shape index (κ2) is 5.28. The van der Waals surface area contributed by atoms with Gasteiger partial charge in [-0.05, 0) is 79.0 Å². The molecule has 0 aliphatic heterocycles. The number of hydrogen-bond donors (Lipinski definition) is 1. The molecule has 0 unspecified atom stereocenters. The van der Waals surface area contributed by atoms with Crippen LogP contribution in [0, 0.1) is 36.0 Å². The van der Waals surface area contributed by atoms with Gasteiger partial charge in [0.1, 0.15) is 11.4 Å². The van der Waals surface area contributed by atoms with Gasteiger partial charge in [-0.2, -0.15) is 0 Å². The van der Waals surface area contributed by atoms with Crippen LogP contribution in [0.3, 0.4) is 0 Å². The Kier molecular flexibility index (Phi) is 3.46. The van der Waals surface area contributed by atoms with Gasteiger partial charge in [0.05, 0.1) is 7.11 Å². The van der Waals surface area contributed by atoms with Gasteiger partial charge in [-0.15, -0.1) is 6.42 Å². The smallest absolute Gasteiger partial charge is 0.128 e. The molecule has 1 aromatic carbocycles. The zero-order valence-corrected chi connectivity index (χ0v) is 14.1. The Hall–Kier alpha value is -1.46. The highest BCUT2D eigenvalue weighted by Gasteiger charge is 2.56. The van der Waals surface area contributed by atoms with E-state index < -0.39 is 5.60 Å². The van der Waals surface area contributed by atoms with E-state index in [1.807, 2.05) is 0 Å². The molecule has 0 aromatic heterocycles. The van der Waals surface area contributed by atoms with Crippen LogP contribution < -0.4 is 4.74 Å². The Balaban J connectivity index is 1.70. The largest absolute Gasteiger partial charge is 0.497 e. The molecule has 122 valence electrons. The fraction of sp³-hybridized carbons (Fsp3) is 0.619. The number of ether oxygens (including phenoxy) is 1. The Labute approximate surface area is 139 Å². The molecule has 23 heavy (non-hydrogen) atoms. The Morgan fingerprint density at radius 3 is 2.87 bits per heavy atom. The van der Waals surface area contributed by atoms with E-state index in [1.165, 1.54) is 17.5 Å². The third-order valence-electron chi connectivity index (χ3n) is 6.92. The number of terminal acetylenes is 1. The number of rotatable bonds is 1. The maximum absolute atomic E-state index is 10.9. The fourth-order valence-electron chi connectivity index (χ4n) is 6.03. The second-order valence-corrected chi connectivity index (χ2v) is 7.88. The van der Waals surface area contributed by atoms with E-state index in [9.17, 15) is 5.11 Å². The van der Waals surface area contributed by atoms with Crippen LogP contribution in [-0.2, 0) is 6.42 Å². The van der Waals surface area contributed by atoms with Gasteiger partial charge in [-0.25, -0.2) is 0 Å². The minimum absolute atomic E-state index is 0.286. The van der Waals surface area contributed by atoms with Crippen LogP contribution in [-0.4, -0.2) is 17.8 Å². The molecule has 0 amide bonds. The number of methoxy groups -OCH3 is 1. The van der Waals surface area contributed by atoms with Gasteiger partial charge in [0.2, 0.25) is 0 Å². The van der Waals surface area contributed by atoms with Crippen LogP contribution in [0.2, 0.25) is 0 Å². The summed E-state index contributed by atoms with van der Waals surface area (Å²) >= 11 is 0. The van der Waals surface area contributed by atoms with E-state index in [0.717, 1.165) is 31.4 Å². The maximum atomic E-state index is 10.9. The minimum Gasteiger partial charge on any atom is -0.497 e. The molecule has 4 rings (SSSR count). The van der Waals surface area contributed by atoms with Gasteiger partial charge in [-0.1, -0.05) is 18.9 Å². The Morgan fingerprint density at radius 2 is 2.13 bits per heavy atom. The standard InChI is InChI=1S/C21H26O2/c1-4-21(22)10-9-18-17-7-5-14-12-15(23-3)6-8-16(14)19(17)11-13(2)20(18)21/h1,6,8,12-13,17-20,22H,5,7,9-11H2,2-3H3/t13-,17+,18+,19-,20+,21+/m1/s1. The lowest BCUT2D eigenvalue weighted by Gasteiger charge is -2.49. The lowest BCUT2D eigenvalue weighted by molar-refractivity contribution is -0.0219. The molecule has 1 N–H and O–H groups in total. The molecular formula is C21H26O2. The first-order valence-electron chi connectivity index (χ1n) is 8.94. The average molecular weight is 310 g/mol. The first-order chi connectivity index (χ1) is 11.1. The van der Waals surface area contributed by atoms with Crippen molar-refractivity contribution >= 4 is 0 Å². The summed E-state index contributed by atoms with van der Waals surface area (Å²) in [6.07, 6.45) is 11.1. The fourth-order valence-corrected chi connectivity index (χ4v) is 6.03. The van der Waals surface area contributed by atoms with Crippen molar-refractivity contribution in [2.75, 3.05) is 7.11 Å². The Bertz CT molecular complexity index is 658. The highest BCUT2D eigenvalue weighted by molar-refractivity contribution is 5.41. The first-order valence-corrected chi connectivity index (χ1v) is 8.94. The van der Waals surface area contributed by atoms with Crippen molar-refractivity contribution in [3.8, 4) is 18.1 Å². The van der Waals surface area contributed by atoms with E-state index >= 15 is 0 Å². The highest BCUT2D eigenvalue weighted by Crippen LogP contribution is 2.59. The third kappa shape index (κ3) is 2.13. The molecule has 2 fully saturated rings. The van der Waals surface area contributed by atoms with Gasteiger partial charge < -0.3 is 9.84 Å². The first kappa shape index (κ1) is 15.1. The third-order valence-corrected chi connectivity index (χ3v) is 6.92. The minimum atomic E-state index is -0.866.